The minimum Gasteiger partial charge on any atom is -0.571 e. The van der Waals surface area contributed by atoms with Crippen LogP contribution in [0.3, 0.4) is 0 Å². The number of rotatable bonds is 13. The fourth-order valence-electron chi connectivity index (χ4n) is 5.11. The first kappa shape index (κ1) is 33.6. The number of hydrogen-bond donors (Lipinski definition) is 2. The Hall–Kier alpha value is -3.73. The average Bonchev–Trinajstić information content (AvgIpc) is 3.36. The van der Waals surface area contributed by atoms with Crippen LogP contribution in [0.1, 0.15) is 50.2 Å². The number of fused-ring (bicyclic) bond motifs is 1. The number of carbonyl (C=O) groups is 1. The molecule has 46 heavy (non-hydrogen) atoms. The molecule has 9 nitrogen and oxygen atoms in total. The van der Waals surface area contributed by atoms with Crippen molar-refractivity contribution in [2.45, 2.75) is 50.9 Å². The summed E-state index contributed by atoms with van der Waals surface area (Å²) in [6, 6.07) is 16.8. The van der Waals surface area contributed by atoms with Gasteiger partial charge in [0.15, 0.2) is 31.4 Å². The van der Waals surface area contributed by atoms with E-state index in [1.54, 1.807) is 42.5 Å². The number of hydrogen-bond acceptors (Lipinski definition) is 8. The van der Waals surface area contributed by atoms with E-state index in [2.05, 4.69) is 21.7 Å². The zero-order valence-corrected chi connectivity index (χ0v) is 27.4. The molecule has 1 fully saturated rings. The maximum atomic E-state index is 13.5. The second-order valence-electron chi connectivity index (χ2n) is 10.6. The van der Waals surface area contributed by atoms with Crippen molar-refractivity contribution in [3.8, 4) is 17.6 Å². The van der Waals surface area contributed by atoms with Crippen LogP contribution in [0.25, 0.3) is 10.9 Å². The number of unbranched alkanes of at least 4 members (excludes halogenated alkanes) is 1. The monoisotopic (exact) mass is 682 g/mol. The Labute approximate surface area is 277 Å². The lowest BCUT2D eigenvalue weighted by Crippen LogP contribution is -2.19. The highest BCUT2D eigenvalue weighted by Crippen LogP contribution is 2.38. The lowest BCUT2D eigenvalue weighted by Gasteiger charge is -2.17. The summed E-state index contributed by atoms with van der Waals surface area (Å²) in [4.78, 5) is 17.4. The van der Waals surface area contributed by atoms with Gasteiger partial charge in [0.2, 0.25) is 5.91 Å². The minimum atomic E-state index is -1.31. The Morgan fingerprint density at radius 2 is 2.00 bits per heavy atom. The molecule has 3 unspecified atom stereocenters. The average molecular weight is 683 g/mol. The number of ether oxygens (including phenoxy) is 2. The highest BCUT2D eigenvalue weighted by Gasteiger charge is 2.42. The van der Waals surface area contributed by atoms with E-state index in [1.807, 2.05) is 6.92 Å². The Kier molecular flexibility index (Phi) is 11.5. The maximum absolute atomic E-state index is 13.5. The molecule has 0 aliphatic carbocycles. The molecular weight excluding hydrogens is 651 g/mol. The Balaban J connectivity index is 1.32. The van der Waals surface area contributed by atoms with Gasteiger partial charge in [-0.05, 0) is 61.7 Å². The molecule has 5 rings (SSSR count). The van der Waals surface area contributed by atoms with Crippen LogP contribution >= 0.6 is 11.6 Å². The van der Waals surface area contributed by atoms with Crippen molar-refractivity contribution >= 4 is 65.9 Å². The summed E-state index contributed by atoms with van der Waals surface area (Å²) >= 11 is 6.52. The van der Waals surface area contributed by atoms with Crippen LogP contribution in [-0.4, -0.2) is 37.6 Å². The molecule has 1 saturated heterocycles. The number of nitriles is 1. The molecule has 0 saturated carbocycles. The molecule has 4 aromatic rings. The van der Waals surface area contributed by atoms with Crippen LogP contribution in [0.5, 0.6) is 11.5 Å². The molecule has 240 valence electrons. The number of carbonyl (C=O) groups excluding carboxylic acids is 1. The molecule has 0 bridgehead atoms. The third kappa shape index (κ3) is 8.34. The van der Waals surface area contributed by atoms with Crippen molar-refractivity contribution in [2.24, 2.45) is 0 Å². The summed E-state index contributed by atoms with van der Waals surface area (Å²) in [7, 11) is -2.56. The third-order valence-corrected chi connectivity index (χ3v) is 12.1. The molecule has 3 atom stereocenters. The highest BCUT2D eigenvalue weighted by atomic mass is 35.5. The number of benzene rings is 3. The van der Waals surface area contributed by atoms with Crippen molar-refractivity contribution in [3.05, 3.63) is 82.8 Å². The predicted octanol–water partition coefficient (Wildman–Crippen LogP) is 7.30. The Morgan fingerprint density at radius 1 is 1.15 bits per heavy atom. The molecule has 0 radical (unpaired) electrons. The number of nitrogens with zero attached hydrogens (tertiary/aromatic N) is 2. The fourth-order valence-corrected chi connectivity index (χ4v) is 9.38. The molecule has 0 spiro atoms. The van der Waals surface area contributed by atoms with Gasteiger partial charge in [-0.1, -0.05) is 23.7 Å². The highest BCUT2D eigenvalue weighted by molar-refractivity contribution is 8.67. The lowest BCUT2D eigenvalue weighted by molar-refractivity contribution is -0.116. The first-order valence-electron chi connectivity index (χ1n) is 14.8. The van der Waals surface area contributed by atoms with Crippen LogP contribution in [0, 0.1) is 17.1 Å². The van der Waals surface area contributed by atoms with Gasteiger partial charge in [0, 0.05) is 42.6 Å². The van der Waals surface area contributed by atoms with Gasteiger partial charge in [0.05, 0.1) is 34.1 Å². The fraction of sp³-hybridized carbons (Fsp3) is 0.303. The van der Waals surface area contributed by atoms with E-state index >= 15 is 0 Å². The van der Waals surface area contributed by atoms with E-state index in [-0.39, 0.29) is 35.6 Å². The second-order valence-corrected chi connectivity index (χ2v) is 15.3. The van der Waals surface area contributed by atoms with Crippen LogP contribution in [0.4, 0.5) is 21.5 Å². The standard InChI is InChI=1S/C33H32ClFN4O5S2/c1-2-43-31-17-28-26(16-29(31)39-32(40)9-4-3-8-25-12-13-45(41)46(25)42)33(22(18-36)19-37-28)38-24-10-11-30(27(34)15-24)44-20-21-6-5-7-23(35)14-21/h5-7,10-11,14-17,19,25H,2-4,8-9,12-13,20H2,1H3,(H,37,38)(H,39,40). The molecule has 2 heterocycles. The van der Waals surface area contributed by atoms with Gasteiger partial charge in [-0.3, -0.25) is 9.78 Å². The van der Waals surface area contributed by atoms with E-state index in [0.717, 1.165) is 0 Å². The largest absolute Gasteiger partial charge is 0.571 e. The number of nitrogens with one attached hydrogen (secondary N) is 2. The number of pyridine rings is 1. The van der Waals surface area contributed by atoms with Crippen molar-refractivity contribution in [1.82, 2.24) is 4.98 Å². The molecule has 1 aromatic heterocycles. The molecule has 3 aromatic carbocycles. The topological polar surface area (TPSA) is 142 Å². The number of halogens is 2. The molecule has 1 aliphatic rings. The van der Waals surface area contributed by atoms with Gasteiger partial charge in [0.25, 0.3) is 0 Å². The van der Waals surface area contributed by atoms with Crippen LogP contribution in [-0.2, 0) is 31.8 Å². The van der Waals surface area contributed by atoms with E-state index < -0.39 is 20.4 Å². The van der Waals surface area contributed by atoms with Gasteiger partial charge < -0.3 is 29.2 Å². The predicted molar refractivity (Wildman–Crippen MR) is 180 cm³/mol. The van der Waals surface area contributed by atoms with Crippen LogP contribution in [0.2, 0.25) is 5.02 Å². The Morgan fingerprint density at radius 3 is 2.72 bits per heavy atom. The van der Waals surface area contributed by atoms with Gasteiger partial charge >= 0.3 is 0 Å². The van der Waals surface area contributed by atoms with Crippen LogP contribution in [0.15, 0.2) is 60.8 Å². The zero-order valence-electron chi connectivity index (χ0n) is 25.0. The molecule has 13 heteroatoms. The number of aromatic nitrogens is 1. The summed E-state index contributed by atoms with van der Waals surface area (Å²) in [5.74, 6) is 0.767. The smallest absolute Gasteiger partial charge is 0.224 e. The van der Waals surface area contributed by atoms with E-state index in [1.165, 1.54) is 18.3 Å². The zero-order chi connectivity index (χ0) is 32.6. The second kappa shape index (κ2) is 15.7. The normalized spacial score (nSPS) is 17.4. The van der Waals surface area contributed by atoms with Crippen molar-refractivity contribution in [1.29, 1.82) is 5.26 Å². The van der Waals surface area contributed by atoms with Crippen LogP contribution < -0.4 is 20.1 Å². The Bertz CT molecular complexity index is 1760. The SMILES string of the molecule is CCOc1cc2ncc(C#N)c(Nc3ccc(OCc4cccc(F)c4)c(Cl)c3)c2cc1NC(=O)CCCCC1CC[S+]([O-])[S+]1[O-]. The molecule has 1 amide bonds. The minimum absolute atomic E-state index is 0.0690. The van der Waals surface area contributed by atoms with Crippen molar-refractivity contribution < 1.29 is 27.8 Å². The summed E-state index contributed by atoms with van der Waals surface area (Å²) in [5.41, 5.74) is 2.98. The molecule has 2 N–H and O–H groups in total. The van der Waals surface area contributed by atoms with E-state index in [0.29, 0.717) is 88.1 Å². The van der Waals surface area contributed by atoms with Gasteiger partial charge in [-0.15, -0.1) is 0 Å². The number of anilines is 3. The maximum Gasteiger partial charge on any atom is 0.224 e. The summed E-state index contributed by atoms with van der Waals surface area (Å²) < 4.78 is 48.8. The first-order valence-corrected chi connectivity index (χ1v) is 18.2. The first-order chi connectivity index (χ1) is 22.2. The van der Waals surface area contributed by atoms with Gasteiger partial charge in [0.1, 0.15) is 30.0 Å². The molecular formula is C33H32ClFN4O5S2. The summed E-state index contributed by atoms with van der Waals surface area (Å²) in [6.45, 7) is 2.34. The van der Waals surface area contributed by atoms with E-state index in [4.69, 9.17) is 21.1 Å². The molecule has 1 aliphatic heterocycles. The van der Waals surface area contributed by atoms with Crippen molar-refractivity contribution in [3.63, 3.8) is 0 Å². The van der Waals surface area contributed by atoms with Crippen molar-refractivity contribution in [2.75, 3.05) is 23.0 Å². The lowest BCUT2D eigenvalue weighted by atomic mass is 10.1. The van der Waals surface area contributed by atoms with Gasteiger partial charge in [-0.2, -0.15) is 5.26 Å². The summed E-state index contributed by atoms with van der Waals surface area (Å²) in [5, 5.41) is 16.9. The quantitative estimate of drug-likeness (QED) is 0.0850. The summed E-state index contributed by atoms with van der Waals surface area (Å²) in [6.07, 6.45) is 4.38. The van der Waals surface area contributed by atoms with E-state index in [9.17, 15) is 23.6 Å². The number of amides is 1. The van der Waals surface area contributed by atoms with Gasteiger partial charge in [-0.25, -0.2) is 4.39 Å². The third-order valence-electron chi connectivity index (χ3n) is 7.39.